The normalized spacial score (nSPS) is 23.9. The fourth-order valence-electron chi connectivity index (χ4n) is 4.94. The molecule has 0 aliphatic carbocycles. The lowest BCUT2D eigenvalue weighted by atomic mass is 9.99. The van der Waals surface area contributed by atoms with Crippen LogP contribution in [0.3, 0.4) is 0 Å². The Hall–Kier alpha value is -0.423. The second kappa shape index (κ2) is 11.8. The lowest BCUT2D eigenvalue weighted by Crippen LogP contribution is -2.64. The Morgan fingerprint density at radius 2 is 1.94 bits per heavy atom. The van der Waals surface area contributed by atoms with Gasteiger partial charge in [0.2, 0.25) is 0 Å². The Bertz CT molecular complexity index is 1030. The van der Waals surface area contributed by atoms with Crippen LogP contribution in [0.5, 0.6) is 0 Å². The van der Waals surface area contributed by atoms with Crippen molar-refractivity contribution < 1.29 is 17.5 Å². The molecule has 1 aromatic rings. The van der Waals surface area contributed by atoms with E-state index in [-0.39, 0.29) is 5.69 Å². The van der Waals surface area contributed by atoms with Crippen LogP contribution in [0, 0.1) is 17.1 Å². The Balaban J connectivity index is 2.88. The summed E-state index contributed by atoms with van der Waals surface area (Å²) in [5.41, 5.74) is -2.20. The highest BCUT2D eigenvalue weighted by Crippen LogP contribution is 2.38. The van der Waals surface area contributed by atoms with Gasteiger partial charge in [0.25, 0.3) is 0 Å². The van der Waals surface area contributed by atoms with Crippen molar-refractivity contribution in [1.82, 2.24) is 14.4 Å². The maximum atomic E-state index is 16.6. The largest absolute Gasteiger partial charge is 0.598 e. The summed E-state index contributed by atoms with van der Waals surface area (Å²) in [5, 5.41) is 10.5. The maximum Gasteiger partial charge on any atom is 0.147 e. The van der Waals surface area contributed by atoms with Crippen LogP contribution >= 0.6 is 15.9 Å². The van der Waals surface area contributed by atoms with Gasteiger partial charge in [0.05, 0.1) is 14.1 Å². The summed E-state index contributed by atoms with van der Waals surface area (Å²) in [5.74, 6) is -1.06. The topological polar surface area (TPSA) is 101 Å². The van der Waals surface area contributed by atoms with E-state index >= 15 is 8.78 Å². The monoisotopic (exact) mass is 626 g/mol. The first-order chi connectivity index (χ1) is 16.6. The first-order valence-electron chi connectivity index (χ1n) is 12.5. The van der Waals surface area contributed by atoms with Gasteiger partial charge in [-0.15, -0.1) is 4.72 Å². The first-order valence-corrected chi connectivity index (χ1v) is 19.0. The quantitative estimate of drug-likeness (QED) is 0.153. The number of nitriles is 1. The van der Waals surface area contributed by atoms with Crippen molar-refractivity contribution in [3.8, 4) is 6.07 Å². The molecule has 0 spiro atoms. The van der Waals surface area contributed by atoms with Gasteiger partial charge in [-0.2, -0.15) is 5.26 Å². The molecule has 0 amide bonds. The van der Waals surface area contributed by atoms with Gasteiger partial charge in [-0.05, 0) is 77.8 Å². The SMILES string of the molecule is CC[Si](CC)(CC)c1cc(Br)nc([C@](CF)(C[SH]2(=O)NCCC[C@@]2(C)C#N)N[S@+]([O-])C(C)(C)C)c1F. The number of aromatic nitrogens is 1. The van der Waals surface area contributed by atoms with Gasteiger partial charge in [0.1, 0.15) is 37.8 Å². The van der Waals surface area contributed by atoms with Crippen molar-refractivity contribution in [3.63, 3.8) is 0 Å². The average Bonchev–Trinajstić information content (AvgIpc) is 2.83. The molecule has 2 N–H and O–H groups in total. The molecule has 1 aliphatic rings. The van der Waals surface area contributed by atoms with Crippen LogP contribution in [0.1, 0.15) is 67.0 Å². The third kappa shape index (κ3) is 5.92. The highest BCUT2D eigenvalue weighted by Gasteiger charge is 2.53. The molecule has 2 rings (SSSR count). The second-order valence-electron chi connectivity index (χ2n) is 11.0. The van der Waals surface area contributed by atoms with Gasteiger partial charge in [0, 0.05) is 23.7 Å². The summed E-state index contributed by atoms with van der Waals surface area (Å²) in [7, 11) is -5.90. The maximum absolute atomic E-state index is 16.6. The molecule has 0 unspecified atom stereocenters. The van der Waals surface area contributed by atoms with E-state index in [0.29, 0.717) is 29.2 Å². The molecule has 0 aromatic carbocycles. The Morgan fingerprint density at radius 1 is 1.36 bits per heavy atom. The molecule has 0 saturated carbocycles. The van der Waals surface area contributed by atoms with Gasteiger partial charge in [-0.3, -0.25) is 8.93 Å². The van der Waals surface area contributed by atoms with Crippen molar-refractivity contribution >= 4 is 50.7 Å². The molecule has 6 nitrogen and oxygen atoms in total. The van der Waals surface area contributed by atoms with Gasteiger partial charge in [0.15, 0.2) is 0 Å². The molecule has 1 aromatic heterocycles. The number of halogens is 3. The summed E-state index contributed by atoms with van der Waals surface area (Å²) in [6, 6.07) is 6.24. The summed E-state index contributed by atoms with van der Waals surface area (Å²) < 4.78 is 63.7. The Morgan fingerprint density at radius 3 is 2.42 bits per heavy atom. The van der Waals surface area contributed by atoms with E-state index in [2.05, 4.69) is 36.4 Å². The van der Waals surface area contributed by atoms with Crippen molar-refractivity contribution in [3.05, 3.63) is 22.2 Å². The summed E-state index contributed by atoms with van der Waals surface area (Å²) >= 11 is 1.57. The molecular formula is C24H41BrF2N4O2S2Si. The van der Waals surface area contributed by atoms with E-state index in [4.69, 9.17) is 0 Å². The fourth-order valence-corrected chi connectivity index (χ4v) is 13.3. The van der Waals surface area contributed by atoms with E-state index in [1.807, 2.05) is 20.8 Å². The minimum atomic E-state index is -3.62. The Labute approximate surface area is 228 Å². The fraction of sp³-hybridized carbons (Fsp3) is 0.750. The van der Waals surface area contributed by atoms with Crippen LogP contribution in [0.25, 0.3) is 0 Å². The van der Waals surface area contributed by atoms with E-state index in [1.54, 1.807) is 33.8 Å². The van der Waals surface area contributed by atoms with Gasteiger partial charge in [-0.1, -0.05) is 38.9 Å². The van der Waals surface area contributed by atoms with Gasteiger partial charge in [-0.25, -0.2) is 13.8 Å². The molecule has 12 heteroatoms. The van der Waals surface area contributed by atoms with Gasteiger partial charge < -0.3 is 4.55 Å². The molecule has 2 heterocycles. The van der Waals surface area contributed by atoms with E-state index < -0.39 is 62.8 Å². The Kier molecular flexibility index (Phi) is 10.4. The minimum absolute atomic E-state index is 0.234. The number of alkyl halides is 1. The van der Waals surface area contributed by atoms with Crippen LogP contribution < -0.4 is 14.6 Å². The summed E-state index contributed by atoms with van der Waals surface area (Å²) in [4.78, 5) is 4.39. The second-order valence-corrected chi connectivity index (χ2v) is 22.1. The third-order valence-corrected chi connectivity index (χ3v) is 19.1. The van der Waals surface area contributed by atoms with Crippen molar-refractivity contribution in [1.29, 1.82) is 5.26 Å². The third-order valence-electron chi connectivity index (χ3n) is 7.79. The van der Waals surface area contributed by atoms with Crippen molar-refractivity contribution in [2.75, 3.05) is 19.0 Å². The van der Waals surface area contributed by atoms with E-state index in [1.165, 1.54) is 0 Å². The number of hydrogen-bond acceptors (Lipinski definition) is 5. The molecule has 0 radical (unpaired) electrons. The molecule has 0 bridgehead atoms. The molecule has 206 valence electrons. The zero-order chi connectivity index (χ0) is 27.6. The predicted molar refractivity (Wildman–Crippen MR) is 153 cm³/mol. The zero-order valence-electron chi connectivity index (χ0n) is 22.4. The highest BCUT2D eigenvalue weighted by atomic mass is 79.9. The van der Waals surface area contributed by atoms with Crippen LogP contribution in [-0.2, 0) is 27.0 Å². The lowest BCUT2D eigenvalue weighted by molar-refractivity contribution is 0.291. The van der Waals surface area contributed by atoms with Crippen LogP contribution in [0.4, 0.5) is 8.78 Å². The zero-order valence-corrected chi connectivity index (χ0v) is 26.7. The number of nitrogens with zero attached hydrogens (tertiary/aromatic N) is 2. The molecule has 1 aliphatic heterocycles. The number of thiol groups is 1. The smallest absolute Gasteiger partial charge is 0.147 e. The molecule has 1 fully saturated rings. The predicted octanol–water partition coefficient (Wildman–Crippen LogP) is 4.51. The van der Waals surface area contributed by atoms with Crippen molar-refractivity contribution in [2.24, 2.45) is 0 Å². The molecule has 1 saturated heterocycles. The molecule has 3 atom stereocenters. The number of rotatable bonds is 10. The summed E-state index contributed by atoms with van der Waals surface area (Å²) in [6.07, 6.45) is 1.01. The van der Waals surface area contributed by atoms with Crippen molar-refractivity contribution in [2.45, 2.75) is 94.5 Å². The van der Waals surface area contributed by atoms with Crippen LogP contribution in [-0.4, -0.2) is 50.3 Å². The highest BCUT2D eigenvalue weighted by molar-refractivity contribution is 9.10. The average molecular weight is 628 g/mol. The number of pyridine rings is 1. The van der Waals surface area contributed by atoms with Gasteiger partial charge >= 0.3 is 0 Å². The standard InChI is InChI=1S/C24H41BrF2N4O2S2Si/c1-8-36(9-2,10-3)18-14-19(25)30-21(20(18)27)24(15-26,31-34(32)22(4,5)6)17-35(33)23(7,16-28)12-11-13-29-35/h14,31,35H,8-13,15,17H2,1-7H3,(H,29,33)/t23-,24-,34+/m0/s1. The lowest BCUT2D eigenvalue weighted by Gasteiger charge is -2.46. The van der Waals surface area contributed by atoms with E-state index in [9.17, 15) is 14.0 Å². The van der Waals surface area contributed by atoms with E-state index in [0.717, 1.165) is 18.1 Å². The van der Waals surface area contributed by atoms with Crippen LogP contribution in [0.15, 0.2) is 10.7 Å². The molecular weight excluding hydrogens is 586 g/mol. The number of hydrogen-bond donors (Lipinski definition) is 3. The molecule has 36 heavy (non-hydrogen) atoms. The van der Waals surface area contributed by atoms with Crippen LogP contribution in [0.2, 0.25) is 18.1 Å². The number of nitrogens with one attached hydrogen (secondary N) is 2. The minimum Gasteiger partial charge on any atom is -0.598 e. The summed E-state index contributed by atoms with van der Waals surface area (Å²) in [6.45, 7) is 12.1. The first kappa shape index (κ1) is 31.8.